The molecule has 1 N–H and O–H groups in total. The molecule has 0 radical (unpaired) electrons. The van der Waals surface area contributed by atoms with E-state index in [1.807, 2.05) is 19.1 Å². The third-order valence-corrected chi connectivity index (χ3v) is 3.61. The molecule has 0 spiro atoms. The van der Waals surface area contributed by atoms with Crippen molar-refractivity contribution in [1.82, 2.24) is 5.32 Å². The summed E-state index contributed by atoms with van der Waals surface area (Å²) in [6, 6.07) is 5.56. The van der Waals surface area contributed by atoms with Crippen molar-refractivity contribution in [2.75, 3.05) is 6.54 Å². The van der Waals surface area contributed by atoms with E-state index in [0.717, 1.165) is 17.7 Å². The van der Waals surface area contributed by atoms with Crippen molar-refractivity contribution < 1.29 is 4.39 Å². The Labute approximate surface area is 97.1 Å². The standard InChI is InChI=1S/C14H20FN/c1-4-16-13(14(3)7-8-14)11-9-10(2)5-6-12(11)15/h5-6,9,13,16H,4,7-8H2,1-3H3. The highest BCUT2D eigenvalue weighted by molar-refractivity contribution is 5.29. The molecule has 1 aliphatic carbocycles. The molecule has 1 aliphatic rings. The number of rotatable bonds is 4. The Hall–Kier alpha value is -0.890. The average molecular weight is 221 g/mol. The monoisotopic (exact) mass is 221 g/mol. The van der Waals surface area contributed by atoms with Gasteiger partial charge >= 0.3 is 0 Å². The van der Waals surface area contributed by atoms with Crippen LogP contribution in [0.15, 0.2) is 18.2 Å². The molecule has 1 saturated carbocycles. The van der Waals surface area contributed by atoms with Gasteiger partial charge in [-0.15, -0.1) is 0 Å². The van der Waals surface area contributed by atoms with Gasteiger partial charge in [0.1, 0.15) is 5.82 Å². The first-order valence-corrected chi connectivity index (χ1v) is 6.06. The SMILES string of the molecule is CCNC(c1cc(C)ccc1F)C1(C)CC1. The quantitative estimate of drug-likeness (QED) is 0.819. The highest BCUT2D eigenvalue weighted by Crippen LogP contribution is 2.54. The normalized spacial score (nSPS) is 19.5. The van der Waals surface area contributed by atoms with E-state index >= 15 is 0 Å². The third kappa shape index (κ3) is 2.12. The number of hydrogen-bond donors (Lipinski definition) is 1. The van der Waals surface area contributed by atoms with Crippen LogP contribution in [0.2, 0.25) is 0 Å². The van der Waals surface area contributed by atoms with E-state index in [1.54, 1.807) is 6.07 Å². The molecule has 1 aromatic rings. The molecule has 1 aromatic carbocycles. The van der Waals surface area contributed by atoms with Crippen molar-refractivity contribution >= 4 is 0 Å². The topological polar surface area (TPSA) is 12.0 Å². The van der Waals surface area contributed by atoms with Crippen molar-refractivity contribution in [3.8, 4) is 0 Å². The Morgan fingerprint density at radius 3 is 2.69 bits per heavy atom. The van der Waals surface area contributed by atoms with E-state index in [4.69, 9.17) is 0 Å². The first kappa shape index (κ1) is 11.6. The summed E-state index contributed by atoms with van der Waals surface area (Å²) >= 11 is 0. The van der Waals surface area contributed by atoms with Crippen molar-refractivity contribution in [1.29, 1.82) is 0 Å². The molecule has 1 nitrogen and oxygen atoms in total. The minimum atomic E-state index is -0.0790. The summed E-state index contributed by atoms with van der Waals surface area (Å²) in [4.78, 5) is 0. The predicted octanol–water partition coefficient (Wildman–Crippen LogP) is 3.58. The van der Waals surface area contributed by atoms with Crippen molar-refractivity contribution in [3.63, 3.8) is 0 Å². The van der Waals surface area contributed by atoms with Gasteiger partial charge in [0.05, 0.1) is 0 Å². The smallest absolute Gasteiger partial charge is 0.128 e. The van der Waals surface area contributed by atoms with E-state index in [-0.39, 0.29) is 17.3 Å². The summed E-state index contributed by atoms with van der Waals surface area (Å²) in [7, 11) is 0. The lowest BCUT2D eigenvalue weighted by Gasteiger charge is -2.25. The molecule has 0 bridgehead atoms. The maximum absolute atomic E-state index is 13.9. The number of nitrogens with one attached hydrogen (secondary N) is 1. The summed E-state index contributed by atoms with van der Waals surface area (Å²) in [6.07, 6.45) is 2.39. The molecule has 2 heteroatoms. The minimum Gasteiger partial charge on any atom is -0.310 e. The lowest BCUT2D eigenvalue weighted by Crippen LogP contribution is -2.28. The van der Waals surface area contributed by atoms with Crippen LogP contribution in [0.4, 0.5) is 4.39 Å². The largest absolute Gasteiger partial charge is 0.310 e. The summed E-state index contributed by atoms with van der Waals surface area (Å²) < 4.78 is 13.9. The number of halogens is 1. The maximum Gasteiger partial charge on any atom is 0.128 e. The summed E-state index contributed by atoms with van der Waals surface area (Å²) in [6.45, 7) is 7.21. The second kappa shape index (κ2) is 4.17. The minimum absolute atomic E-state index is 0.0790. The first-order valence-electron chi connectivity index (χ1n) is 6.06. The molecule has 0 aliphatic heterocycles. The number of benzene rings is 1. The molecule has 2 rings (SSSR count). The molecule has 1 unspecified atom stereocenters. The van der Waals surface area contributed by atoms with E-state index in [9.17, 15) is 4.39 Å². The van der Waals surface area contributed by atoms with Gasteiger partial charge in [-0.3, -0.25) is 0 Å². The molecule has 1 atom stereocenters. The van der Waals surface area contributed by atoms with Crippen LogP contribution >= 0.6 is 0 Å². The molecule has 0 amide bonds. The Morgan fingerprint density at radius 2 is 2.12 bits per heavy atom. The van der Waals surface area contributed by atoms with Gasteiger partial charge in [0, 0.05) is 11.6 Å². The fraction of sp³-hybridized carbons (Fsp3) is 0.571. The second-order valence-electron chi connectivity index (χ2n) is 5.17. The molecule has 1 fully saturated rings. The van der Waals surface area contributed by atoms with Crippen LogP contribution in [0.5, 0.6) is 0 Å². The number of aryl methyl sites for hydroxylation is 1. The van der Waals surface area contributed by atoms with E-state index in [0.29, 0.717) is 0 Å². The first-order chi connectivity index (χ1) is 7.57. The Kier molecular flexibility index (Phi) is 3.02. The Bertz CT molecular complexity index is 382. The van der Waals surface area contributed by atoms with Gasteiger partial charge in [0.25, 0.3) is 0 Å². The third-order valence-electron chi connectivity index (χ3n) is 3.61. The lowest BCUT2D eigenvalue weighted by atomic mass is 9.90. The van der Waals surface area contributed by atoms with E-state index in [2.05, 4.69) is 19.2 Å². The fourth-order valence-corrected chi connectivity index (χ4v) is 2.31. The zero-order chi connectivity index (χ0) is 11.8. The van der Waals surface area contributed by atoms with Crippen LogP contribution in [-0.2, 0) is 0 Å². The number of hydrogen-bond acceptors (Lipinski definition) is 1. The molecule has 0 saturated heterocycles. The van der Waals surface area contributed by atoms with Gasteiger partial charge in [0.2, 0.25) is 0 Å². The predicted molar refractivity (Wildman–Crippen MR) is 64.9 cm³/mol. The van der Waals surface area contributed by atoms with Gasteiger partial charge in [-0.25, -0.2) is 4.39 Å². The van der Waals surface area contributed by atoms with Gasteiger partial charge in [0.15, 0.2) is 0 Å². The second-order valence-corrected chi connectivity index (χ2v) is 5.17. The van der Waals surface area contributed by atoms with Gasteiger partial charge in [-0.2, -0.15) is 0 Å². The molecular formula is C14H20FN. The summed E-state index contributed by atoms with van der Waals surface area (Å²) in [5.41, 5.74) is 2.22. The Balaban J connectivity index is 2.34. The van der Waals surface area contributed by atoms with Crippen LogP contribution in [-0.4, -0.2) is 6.54 Å². The van der Waals surface area contributed by atoms with Gasteiger partial charge in [-0.1, -0.05) is 31.5 Å². The highest BCUT2D eigenvalue weighted by Gasteiger charge is 2.45. The van der Waals surface area contributed by atoms with E-state index in [1.165, 1.54) is 12.8 Å². The fourth-order valence-electron chi connectivity index (χ4n) is 2.31. The zero-order valence-electron chi connectivity index (χ0n) is 10.3. The van der Waals surface area contributed by atoms with Crippen molar-refractivity contribution in [2.45, 2.75) is 39.7 Å². The molecular weight excluding hydrogens is 201 g/mol. The zero-order valence-corrected chi connectivity index (χ0v) is 10.3. The van der Waals surface area contributed by atoms with Crippen LogP contribution in [0.3, 0.4) is 0 Å². The van der Waals surface area contributed by atoms with Gasteiger partial charge in [-0.05, 0) is 37.8 Å². The highest BCUT2D eigenvalue weighted by atomic mass is 19.1. The summed E-state index contributed by atoms with van der Waals surface area (Å²) in [5, 5.41) is 3.43. The maximum atomic E-state index is 13.9. The average Bonchev–Trinajstić information content (AvgIpc) is 2.98. The van der Waals surface area contributed by atoms with Crippen LogP contribution < -0.4 is 5.32 Å². The van der Waals surface area contributed by atoms with Crippen molar-refractivity contribution in [3.05, 3.63) is 35.1 Å². The van der Waals surface area contributed by atoms with Crippen LogP contribution in [0.1, 0.15) is 43.9 Å². The Morgan fingerprint density at radius 1 is 1.44 bits per heavy atom. The molecule has 0 heterocycles. The van der Waals surface area contributed by atoms with E-state index < -0.39 is 0 Å². The van der Waals surface area contributed by atoms with Crippen LogP contribution in [0, 0.1) is 18.2 Å². The molecule has 0 aromatic heterocycles. The van der Waals surface area contributed by atoms with Gasteiger partial charge < -0.3 is 5.32 Å². The lowest BCUT2D eigenvalue weighted by molar-refractivity contribution is 0.361. The van der Waals surface area contributed by atoms with Crippen LogP contribution in [0.25, 0.3) is 0 Å². The molecule has 16 heavy (non-hydrogen) atoms. The van der Waals surface area contributed by atoms with Crippen molar-refractivity contribution in [2.24, 2.45) is 5.41 Å². The summed E-state index contributed by atoms with van der Waals surface area (Å²) in [5.74, 6) is -0.0790. The molecule has 88 valence electrons.